The molecule has 0 atom stereocenters. The molecule has 2 aliphatic heterocycles. The second-order valence-electron chi connectivity index (χ2n) is 8.07. The van der Waals surface area contributed by atoms with Crippen molar-refractivity contribution in [3.8, 4) is 0 Å². The maximum Gasteiger partial charge on any atom is 0.419 e. The molecule has 8 heteroatoms. The number of nitrogens with zero attached hydrogens (tertiary/aromatic N) is 1. The lowest BCUT2D eigenvalue weighted by Crippen LogP contribution is -2.48. The highest BCUT2D eigenvalue weighted by molar-refractivity contribution is 5.94. The fourth-order valence-electron chi connectivity index (χ4n) is 4.22. The van der Waals surface area contributed by atoms with Gasteiger partial charge in [-0.3, -0.25) is 4.79 Å². The van der Waals surface area contributed by atoms with Gasteiger partial charge in [-0.05, 0) is 54.2 Å². The number of carbonyl (C=O) groups is 1. The van der Waals surface area contributed by atoms with Gasteiger partial charge in [-0.25, -0.2) is 4.39 Å². The Bertz CT molecular complexity index is 941. The number of amides is 1. The molecule has 2 aromatic carbocycles. The summed E-state index contributed by atoms with van der Waals surface area (Å²) in [7, 11) is 1.63. The van der Waals surface area contributed by atoms with Crippen LogP contribution in [0.15, 0.2) is 42.5 Å². The van der Waals surface area contributed by atoms with Gasteiger partial charge in [0.1, 0.15) is 11.4 Å². The molecule has 2 fully saturated rings. The molecule has 31 heavy (non-hydrogen) atoms. The minimum atomic E-state index is -4.71. The first kappa shape index (κ1) is 21.8. The predicted octanol–water partition coefficient (Wildman–Crippen LogP) is 4.74. The van der Waals surface area contributed by atoms with Crippen molar-refractivity contribution in [2.45, 2.75) is 30.5 Å². The van der Waals surface area contributed by atoms with Crippen molar-refractivity contribution in [3.05, 3.63) is 70.5 Å². The van der Waals surface area contributed by atoms with E-state index in [1.807, 2.05) is 12.1 Å². The monoisotopic (exact) mass is 437 g/mol. The van der Waals surface area contributed by atoms with Gasteiger partial charge in [-0.2, -0.15) is 13.2 Å². The maximum atomic E-state index is 13.9. The average Bonchev–Trinajstić information content (AvgIpc) is 2.72. The van der Waals surface area contributed by atoms with Crippen LogP contribution in [0.5, 0.6) is 0 Å². The lowest BCUT2D eigenvalue weighted by Gasteiger charge is -2.40. The molecule has 0 aliphatic carbocycles. The number of alkyl halides is 3. The van der Waals surface area contributed by atoms with E-state index in [0.717, 1.165) is 17.7 Å². The highest BCUT2D eigenvalue weighted by atomic mass is 19.4. The number of piperidine rings is 1. The summed E-state index contributed by atoms with van der Waals surface area (Å²) in [4.78, 5) is 14.6. The number of hydrogen-bond donors (Lipinski definition) is 0. The van der Waals surface area contributed by atoms with E-state index in [1.165, 1.54) is 6.07 Å². The number of rotatable bonds is 4. The van der Waals surface area contributed by atoms with E-state index in [9.17, 15) is 22.4 Å². The normalized spacial score (nSPS) is 19.2. The minimum absolute atomic E-state index is 0.0802. The zero-order chi connectivity index (χ0) is 22.2. The number of carbonyl (C=O) groups excluding carboxylic acids is 1. The summed E-state index contributed by atoms with van der Waals surface area (Å²) in [5.74, 6) is -1.43. The first-order valence-corrected chi connectivity index (χ1v) is 10.1. The van der Waals surface area contributed by atoms with Crippen LogP contribution >= 0.6 is 0 Å². The molecule has 166 valence electrons. The fraction of sp³-hybridized carbons (Fsp3) is 0.435. The van der Waals surface area contributed by atoms with Crippen LogP contribution in [0.2, 0.25) is 0 Å². The molecule has 2 heterocycles. The van der Waals surface area contributed by atoms with Crippen molar-refractivity contribution < 1.29 is 31.8 Å². The molecule has 0 saturated carbocycles. The summed E-state index contributed by atoms with van der Waals surface area (Å²) >= 11 is 0. The molecule has 2 saturated heterocycles. The zero-order valence-corrected chi connectivity index (χ0v) is 17.0. The molecule has 4 rings (SSSR count). The molecular formula is C23H23F4NO3. The van der Waals surface area contributed by atoms with Crippen LogP contribution in [-0.2, 0) is 21.3 Å². The third kappa shape index (κ3) is 4.19. The van der Waals surface area contributed by atoms with E-state index in [-0.39, 0.29) is 11.8 Å². The Hall–Kier alpha value is -2.45. The van der Waals surface area contributed by atoms with Crippen LogP contribution in [0.4, 0.5) is 17.6 Å². The first-order chi connectivity index (χ1) is 14.7. The number of likely N-dealkylation sites (tertiary alicyclic amines) is 1. The molecule has 0 bridgehead atoms. The van der Waals surface area contributed by atoms with Gasteiger partial charge in [0, 0.05) is 25.8 Å². The van der Waals surface area contributed by atoms with Crippen molar-refractivity contribution in [2.24, 2.45) is 0 Å². The average molecular weight is 437 g/mol. The number of ether oxygens (including phenoxy) is 2. The lowest BCUT2D eigenvalue weighted by molar-refractivity contribution is -0.202. The Labute approximate surface area is 177 Å². The number of hydrogen-bond acceptors (Lipinski definition) is 3. The van der Waals surface area contributed by atoms with Gasteiger partial charge in [0.05, 0.1) is 18.8 Å². The SMILES string of the molecule is COC1(c2ccc(C(=O)N3CCC(c4ccc(C(F)(F)F)c(F)c4)CC3)cc2)COC1. The summed E-state index contributed by atoms with van der Waals surface area (Å²) in [5.41, 5.74) is 0.359. The molecule has 1 amide bonds. The van der Waals surface area contributed by atoms with E-state index in [4.69, 9.17) is 9.47 Å². The third-order valence-corrected chi connectivity index (χ3v) is 6.27. The summed E-state index contributed by atoms with van der Waals surface area (Å²) in [5, 5.41) is 0. The Morgan fingerprint density at radius 3 is 2.23 bits per heavy atom. The Kier molecular flexibility index (Phi) is 5.79. The van der Waals surface area contributed by atoms with Crippen LogP contribution in [0.3, 0.4) is 0 Å². The Morgan fingerprint density at radius 1 is 1.10 bits per heavy atom. The molecule has 2 aromatic rings. The smallest absolute Gasteiger partial charge is 0.375 e. The van der Waals surface area contributed by atoms with Gasteiger partial charge in [0.25, 0.3) is 5.91 Å². The molecule has 0 radical (unpaired) electrons. The maximum absolute atomic E-state index is 13.9. The number of benzene rings is 2. The molecule has 0 spiro atoms. The minimum Gasteiger partial charge on any atom is -0.375 e. The predicted molar refractivity (Wildman–Crippen MR) is 105 cm³/mol. The number of halogens is 4. The summed E-state index contributed by atoms with van der Waals surface area (Å²) in [6.07, 6.45) is -3.57. The van der Waals surface area contributed by atoms with Gasteiger partial charge in [0.15, 0.2) is 0 Å². The first-order valence-electron chi connectivity index (χ1n) is 10.1. The van der Waals surface area contributed by atoms with Gasteiger partial charge >= 0.3 is 6.18 Å². The lowest BCUT2D eigenvalue weighted by atomic mass is 9.88. The summed E-state index contributed by atoms with van der Waals surface area (Å²) < 4.78 is 63.0. The van der Waals surface area contributed by atoms with Gasteiger partial charge in [-0.15, -0.1) is 0 Å². The molecular weight excluding hydrogens is 414 g/mol. The fourth-order valence-corrected chi connectivity index (χ4v) is 4.22. The Balaban J connectivity index is 1.38. The highest BCUT2D eigenvalue weighted by Crippen LogP contribution is 2.36. The molecule has 0 N–H and O–H groups in total. The third-order valence-electron chi connectivity index (χ3n) is 6.27. The summed E-state index contributed by atoms with van der Waals surface area (Å²) in [6.45, 7) is 1.89. The zero-order valence-electron chi connectivity index (χ0n) is 17.0. The second-order valence-corrected chi connectivity index (χ2v) is 8.07. The Morgan fingerprint density at radius 2 is 1.74 bits per heavy atom. The molecule has 0 aromatic heterocycles. The van der Waals surface area contributed by atoms with Crippen LogP contribution in [0.1, 0.15) is 45.8 Å². The second kappa shape index (κ2) is 8.24. The molecule has 4 nitrogen and oxygen atoms in total. The van der Waals surface area contributed by atoms with Gasteiger partial charge in [-0.1, -0.05) is 18.2 Å². The topological polar surface area (TPSA) is 38.8 Å². The van der Waals surface area contributed by atoms with E-state index in [1.54, 1.807) is 24.1 Å². The van der Waals surface area contributed by atoms with Crippen molar-refractivity contribution in [1.29, 1.82) is 0 Å². The van der Waals surface area contributed by atoms with Crippen molar-refractivity contribution >= 4 is 5.91 Å². The molecule has 0 unspecified atom stereocenters. The standard InChI is InChI=1S/C23H23F4NO3/c1-30-22(13-31-14-22)18-5-2-16(3-6-18)21(29)28-10-8-15(9-11-28)17-4-7-19(20(24)12-17)23(25,26)27/h2-7,12,15H,8-11,13-14H2,1H3. The van der Waals surface area contributed by atoms with Gasteiger partial charge in [0.2, 0.25) is 0 Å². The van der Waals surface area contributed by atoms with E-state index >= 15 is 0 Å². The highest BCUT2D eigenvalue weighted by Gasteiger charge is 2.40. The number of methoxy groups -OCH3 is 1. The van der Waals surface area contributed by atoms with Crippen molar-refractivity contribution in [2.75, 3.05) is 33.4 Å². The van der Waals surface area contributed by atoms with Crippen LogP contribution in [0, 0.1) is 5.82 Å². The summed E-state index contributed by atoms with van der Waals surface area (Å²) in [6, 6.07) is 10.4. The van der Waals surface area contributed by atoms with E-state index in [2.05, 4.69) is 0 Å². The molecule has 2 aliphatic rings. The van der Waals surface area contributed by atoms with Crippen LogP contribution in [-0.4, -0.2) is 44.2 Å². The van der Waals surface area contributed by atoms with Crippen LogP contribution in [0.25, 0.3) is 0 Å². The van der Waals surface area contributed by atoms with Crippen molar-refractivity contribution in [3.63, 3.8) is 0 Å². The largest absolute Gasteiger partial charge is 0.419 e. The van der Waals surface area contributed by atoms with Crippen LogP contribution < -0.4 is 0 Å². The van der Waals surface area contributed by atoms with E-state index in [0.29, 0.717) is 50.3 Å². The van der Waals surface area contributed by atoms with Gasteiger partial charge < -0.3 is 14.4 Å². The quantitative estimate of drug-likeness (QED) is 0.649. The van der Waals surface area contributed by atoms with E-state index < -0.39 is 23.2 Å². The van der Waals surface area contributed by atoms with Crippen molar-refractivity contribution in [1.82, 2.24) is 4.90 Å².